The number of phenols is 1. The number of benzene rings is 8. The number of nitrogens with zero attached hydrogens (tertiary/aromatic N) is 5. The largest absolute Gasteiger partial charge is 2.00 e. The second kappa shape index (κ2) is 24.7. The van der Waals surface area contributed by atoms with Crippen molar-refractivity contribution in [1.82, 2.24) is 0 Å². The van der Waals surface area contributed by atoms with Crippen LogP contribution in [0.5, 0.6) is 23.0 Å². The summed E-state index contributed by atoms with van der Waals surface area (Å²) in [4.78, 5) is 16.1. The number of phenolic OH excluding ortho intramolecular Hbond substituents is 1. The maximum atomic E-state index is 13.4. The first-order valence-corrected chi connectivity index (χ1v) is 25.7. The fourth-order valence-electron chi connectivity index (χ4n) is 7.43. The van der Waals surface area contributed by atoms with Gasteiger partial charge in [-0.3, -0.25) is 18.9 Å². The van der Waals surface area contributed by atoms with Crippen LogP contribution in [0.15, 0.2) is 169 Å². The summed E-state index contributed by atoms with van der Waals surface area (Å²) in [7, 11) is -9.37. The predicted molar refractivity (Wildman–Crippen MR) is 284 cm³/mol. The van der Waals surface area contributed by atoms with Crippen LogP contribution in [0, 0.1) is 13.8 Å². The minimum Gasteiger partial charge on any atom is -0.871 e. The fourth-order valence-corrected chi connectivity index (χ4v) is 9.55. The minimum atomic E-state index is -4.70. The average molecular weight is 1120 g/mol. The molecule has 0 aliphatic heterocycles. The van der Waals surface area contributed by atoms with E-state index in [0.29, 0.717) is 68.8 Å². The zero-order valence-electron chi connectivity index (χ0n) is 40.1. The fraction of sp³-hybridized carbons (Fsp3) is 0.115. The summed E-state index contributed by atoms with van der Waals surface area (Å²) < 4.78 is 77.8. The zero-order chi connectivity index (χ0) is 53.5. The molecule has 8 aromatic rings. The molecule has 1 amide bonds. The molecule has 0 atom stereocenters. The Morgan fingerprint density at radius 3 is 1.61 bits per heavy atom. The molecule has 0 heterocycles. The maximum absolute atomic E-state index is 13.4. The van der Waals surface area contributed by atoms with Gasteiger partial charge in [0.25, 0.3) is 26.1 Å². The Kier molecular flexibility index (Phi) is 19.0. The Morgan fingerprint density at radius 2 is 1.08 bits per heavy atom. The van der Waals surface area contributed by atoms with Crippen LogP contribution in [0.25, 0.3) is 21.5 Å². The molecular weight excluding hydrogens is 1080 g/mol. The van der Waals surface area contributed by atoms with E-state index in [2.05, 4.69) is 30.8 Å². The van der Waals surface area contributed by atoms with Crippen molar-refractivity contribution in [3.63, 3.8) is 0 Å². The van der Waals surface area contributed by atoms with Gasteiger partial charge in [0.2, 0.25) is 0 Å². The molecule has 18 nitrogen and oxygen atoms in total. The third-order valence-electron chi connectivity index (χ3n) is 10.7. The minimum absolute atomic E-state index is 0. The molecule has 0 saturated carbocycles. The van der Waals surface area contributed by atoms with Crippen molar-refractivity contribution in [2.24, 2.45) is 25.4 Å². The van der Waals surface area contributed by atoms with Crippen molar-refractivity contribution in [2.75, 3.05) is 18.5 Å². The third-order valence-corrected chi connectivity index (χ3v) is 12.9. The van der Waals surface area contributed by atoms with Crippen molar-refractivity contribution in [3.05, 3.63) is 166 Å². The number of ether oxygens (including phenoxy) is 2. The number of nitrogens with one attached hydrogen (secondary N) is 1. The van der Waals surface area contributed by atoms with Gasteiger partial charge in [-0.1, -0.05) is 89.6 Å². The van der Waals surface area contributed by atoms with E-state index in [0.717, 1.165) is 12.1 Å². The SMILES string of the molecule is CCOc1cccc(N=C([O-])c2cc3ccccc3c(N=Nc3c(C)cc(Cl)cc3S(=O)(=O)O)c2[O-])c1.CCOc1cccc(NC(=O)c2cc3ccccc3c(N=Nc3c(C)cc(Cl)cc3S(=O)(=O)O)c2O)c1.[Ca+2]. The number of halogens is 2. The predicted octanol–water partition coefficient (Wildman–Crippen LogP) is 11.8. The van der Waals surface area contributed by atoms with Crippen molar-refractivity contribution < 1.29 is 55.5 Å². The van der Waals surface area contributed by atoms with Crippen LogP contribution in [0.3, 0.4) is 0 Å². The number of amides is 1. The number of carbonyl (C=O) groups is 1. The molecule has 8 rings (SSSR count). The first-order chi connectivity index (χ1) is 35.2. The van der Waals surface area contributed by atoms with Crippen molar-refractivity contribution in [1.29, 1.82) is 0 Å². The summed E-state index contributed by atoms with van der Waals surface area (Å²) in [5, 5.41) is 58.5. The van der Waals surface area contributed by atoms with Gasteiger partial charge in [-0.15, -0.1) is 15.3 Å². The number of azo groups is 2. The monoisotopic (exact) mass is 1120 g/mol. The summed E-state index contributed by atoms with van der Waals surface area (Å²) in [6.07, 6.45) is 0. The second-order valence-corrected chi connectivity index (χ2v) is 19.6. The molecule has 0 saturated heterocycles. The van der Waals surface area contributed by atoms with E-state index in [1.54, 1.807) is 104 Å². The van der Waals surface area contributed by atoms with Crippen LogP contribution in [0.4, 0.5) is 34.1 Å². The van der Waals surface area contributed by atoms with Gasteiger partial charge in [0.1, 0.15) is 38.4 Å². The van der Waals surface area contributed by atoms with Crippen LogP contribution in [0.1, 0.15) is 40.9 Å². The van der Waals surface area contributed by atoms with Crippen molar-refractivity contribution in [3.8, 4) is 23.0 Å². The molecule has 380 valence electrons. The molecule has 4 N–H and O–H groups in total. The molecule has 0 aliphatic rings. The second-order valence-electron chi connectivity index (χ2n) is 15.9. The van der Waals surface area contributed by atoms with Gasteiger partial charge in [-0.05, 0) is 122 Å². The number of aliphatic imine (C=N–C) groups is 1. The summed E-state index contributed by atoms with van der Waals surface area (Å²) in [5.74, 6) is -1.49. The van der Waals surface area contributed by atoms with E-state index >= 15 is 0 Å². The number of rotatable bonds is 14. The number of fused-ring (bicyclic) bond motifs is 2. The Morgan fingerprint density at radius 1 is 0.613 bits per heavy atom. The van der Waals surface area contributed by atoms with Gasteiger partial charge < -0.3 is 30.1 Å². The molecule has 8 aromatic carbocycles. The molecule has 0 aliphatic carbocycles. The third kappa shape index (κ3) is 14.0. The Balaban J connectivity index is 0.000000241. The molecular formula is C52H42CaCl2N6O12S2. The summed E-state index contributed by atoms with van der Waals surface area (Å²) in [6, 6.07) is 34.9. The number of aromatic hydroxyl groups is 1. The Labute approximate surface area is 470 Å². The van der Waals surface area contributed by atoms with Crippen LogP contribution in [0.2, 0.25) is 10.0 Å². The van der Waals surface area contributed by atoms with E-state index in [4.69, 9.17) is 32.7 Å². The van der Waals surface area contributed by atoms with Crippen molar-refractivity contribution in [2.45, 2.75) is 37.5 Å². The number of hydrogen-bond donors (Lipinski definition) is 4. The first kappa shape index (κ1) is 57.6. The number of aryl methyl sites for hydroxylation is 2. The number of hydrogen-bond acceptors (Lipinski definition) is 15. The summed E-state index contributed by atoms with van der Waals surface area (Å²) in [6.45, 7) is 7.65. The molecule has 23 heteroatoms. The first-order valence-electron chi connectivity index (χ1n) is 22.1. The van der Waals surface area contributed by atoms with E-state index in [1.807, 2.05) is 13.8 Å². The molecule has 0 aromatic heterocycles. The van der Waals surface area contributed by atoms with Crippen LogP contribution >= 0.6 is 23.2 Å². The summed E-state index contributed by atoms with van der Waals surface area (Å²) in [5.41, 5.74) is 0.504. The molecule has 75 heavy (non-hydrogen) atoms. The number of carbonyl (C=O) groups excluding carboxylic acids is 1. The van der Waals surface area contributed by atoms with Gasteiger partial charge in [0.15, 0.2) is 5.75 Å². The van der Waals surface area contributed by atoms with Crippen LogP contribution < -0.4 is 25.0 Å². The van der Waals surface area contributed by atoms with Crippen LogP contribution in [-0.4, -0.2) is 93.8 Å². The quantitative estimate of drug-likeness (QED) is 0.0260. The molecule has 0 bridgehead atoms. The standard InChI is InChI=1S/2C26H22ClN3O6S.Ca/c2*1-3-36-19-9-6-8-18(14-19)28-26(32)21-12-16-7-4-5-10-20(16)24(25(21)31)30-29-23-15(2)11-17(27)13-22(23)37(33,34)35;/h2*4-14,31H,3H2,1-2H3,(H,28,32)(H,33,34,35);/q;;+2/p-2. The van der Waals surface area contributed by atoms with E-state index in [-0.39, 0.29) is 81.7 Å². The Hall–Kier alpha value is -6.72. The maximum Gasteiger partial charge on any atom is 2.00 e. The van der Waals surface area contributed by atoms with E-state index in [1.165, 1.54) is 31.2 Å². The van der Waals surface area contributed by atoms with Gasteiger partial charge in [0, 0.05) is 38.6 Å². The normalized spacial score (nSPS) is 11.9. The molecule has 0 fully saturated rings. The smallest absolute Gasteiger partial charge is 0.871 e. The topological polar surface area (TPSA) is 284 Å². The van der Waals surface area contributed by atoms with Gasteiger partial charge >= 0.3 is 37.7 Å². The van der Waals surface area contributed by atoms with Gasteiger partial charge in [-0.25, -0.2) is 0 Å². The molecule has 0 radical (unpaired) electrons. The molecule has 0 unspecified atom stereocenters. The van der Waals surface area contributed by atoms with Gasteiger partial charge in [0.05, 0.1) is 30.2 Å². The average Bonchev–Trinajstić information content (AvgIpc) is 3.34. The number of anilines is 1. The zero-order valence-corrected chi connectivity index (χ0v) is 45.5. The van der Waals surface area contributed by atoms with E-state index in [9.17, 15) is 46.1 Å². The summed E-state index contributed by atoms with van der Waals surface area (Å²) >= 11 is 11.9. The van der Waals surface area contributed by atoms with Crippen LogP contribution in [-0.2, 0) is 20.2 Å². The van der Waals surface area contributed by atoms with E-state index < -0.39 is 53.3 Å². The van der Waals surface area contributed by atoms with Crippen molar-refractivity contribution >= 4 is 149 Å². The molecule has 0 spiro atoms. The Bertz CT molecular complexity index is 3830. The van der Waals surface area contributed by atoms with Gasteiger partial charge in [-0.2, -0.15) is 21.9 Å².